The van der Waals surface area contributed by atoms with Crippen molar-refractivity contribution in [3.05, 3.63) is 58.5 Å². The number of nitrogen functional groups attached to an aromatic ring is 1. The Labute approximate surface area is 186 Å². The van der Waals surface area contributed by atoms with Gasteiger partial charge < -0.3 is 20.9 Å². The molecule has 3 aliphatic rings. The monoisotopic (exact) mass is 441 g/mol. The number of pyridine rings is 1. The van der Waals surface area contributed by atoms with Crippen LogP contribution < -0.4 is 20.9 Å². The van der Waals surface area contributed by atoms with E-state index in [2.05, 4.69) is 27.3 Å². The molecule has 164 valence electrons. The van der Waals surface area contributed by atoms with Gasteiger partial charge in [-0.15, -0.1) is 0 Å². The first-order valence-electron chi connectivity index (χ1n) is 10.8. The molecule has 0 radical (unpaired) electrons. The van der Waals surface area contributed by atoms with Crippen molar-refractivity contribution >= 4 is 34.9 Å². The Morgan fingerprint density at radius 1 is 1.16 bits per heavy atom. The van der Waals surface area contributed by atoms with Gasteiger partial charge in [-0.2, -0.15) is 0 Å². The molecule has 1 aromatic heterocycles. The molecule has 1 saturated heterocycles. The Morgan fingerprint density at radius 2 is 1.94 bits per heavy atom. The number of hydrogen-bond acceptors (Lipinski definition) is 6. The SMILES string of the molecule is CC.Nc1cccc(N2CCC3=C(SC(c4ccc(N5CCCC5)nc4)N3)C2=O)c1F. The fourth-order valence-corrected chi connectivity index (χ4v) is 5.29. The number of nitrogens with one attached hydrogen (secondary N) is 1. The van der Waals surface area contributed by atoms with Crippen LogP contribution in [0.2, 0.25) is 0 Å². The van der Waals surface area contributed by atoms with Crippen molar-refractivity contribution in [2.24, 2.45) is 0 Å². The number of rotatable bonds is 3. The molecular weight excluding hydrogens is 413 g/mol. The lowest BCUT2D eigenvalue weighted by Gasteiger charge is -2.27. The van der Waals surface area contributed by atoms with Crippen LogP contribution in [0.1, 0.15) is 44.0 Å². The van der Waals surface area contributed by atoms with Gasteiger partial charge in [0.05, 0.1) is 16.3 Å². The Balaban J connectivity index is 0.00000112. The van der Waals surface area contributed by atoms with Crippen LogP contribution in [0, 0.1) is 5.82 Å². The molecule has 4 heterocycles. The maximum Gasteiger partial charge on any atom is 0.266 e. The van der Waals surface area contributed by atoms with E-state index < -0.39 is 5.82 Å². The maximum atomic E-state index is 14.4. The Kier molecular flexibility index (Phi) is 6.36. The van der Waals surface area contributed by atoms with Crippen LogP contribution in [0.3, 0.4) is 0 Å². The highest BCUT2D eigenvalue weighted by Gasteiger charge is 2.37. The summed E-state index contributed by atoms with van der Waals surface area (Å²) in [7, 11) is 0. The molecule has 3 aliphatic heterocycles. The molecule has 0 saturated carbocycles. The van der Waals surface area contributed by atoms with Gasteiger partial charge in [-0.1, -0.05) is 37.7 Å². The zero-order chi connectivity index (χ0) is 22.0. The fourth-order valence-electron chi connectivity index (χ4n) is 4.07. The van der Waals surface area contributed by atoms with E-state index in [0.717, 1.165) is 30.2 Å². The second-order valence-electron chi connectivity index (χ2n) is 7.48. The van der Waals surface area contributed by atoms with Gasteiger partial charge in [0, 0.05) is 43.5 Å². The molecule has 5 rings (SSSR count). The van der Waals surface area contributed by atoms with E-state index in [1.54, 1.807) is 12.1 Å². The second kappa shape index (κ2) is 9.18. The normalized spacial score (nSPS) is 20.4. The number of benzene rings is 1. The lowest BCUT2D eigenvalue weighted by molar-refractivity contribution is -0.114. The van der Waals surface area contributed by atoms with Gasteiger partial charge in [0.25, 0.3) is 5.91 Å². The van der Waals surface area contributed by atoms with Crippen molar-refractivity contribution in [2.45, 2.75) is 38.5 Å². The standard InChI is InChI=1S/C21H22FN5OS.C2H6/c22-18-14(23)4-3-5-16(18)27-11-8-15-19(21(27)28)29-20(25-15)13-6-7-17(24-12-13)26-9-1-2-10-26;1-2/h3-7,12,20,25H,1-2,8-11,23H2;1-2H3. The summed E-state index contributed by atoms with van der Waals surface area (Å²) in [5.41, 5.74) is 7.93. The Hall–Kier alpha value is -2.74. The van der Waals surface area contributed by atoms with Crippen molar-refractivity contribution in [3.63, 3.8) is 0 Å². The molecule has 8 heteroatoms. The van der Waals surface area contributed by atoms with Gasteiger partial charge in [-0.05, 0) is 31.0 Å². The number of nitrogens with two attached hydrogens (primary N) is 1. The fraction of sp³-hybridized carbons (Fsp3) is 0.391. The molecule has 0 aliphatic carbocycles. The lowest BCUT2D eigenvalue weighted by atomic mass is 10.1. The van der Waals surface area contributed by atoms with Crippen LogP contribution in [-0.4, -0.2) is 30.5 Å². The minimum atomic E-state index is -0.542. The number of halogens is 1. The number of carbonyl (C=O) groups is 1. The van der Waals surface area contributed by atoms with Gasteiger partial charge in [-0.25, -0.2) is 9.37 Å². The van der Waals surface area contributed by atoms with E-state index in [0.29, 0.717) is 17.9 Å². The highest BCUT2D eigenvalue weighted by molar-refractivity contribution is 8.04. The molecule has 3 N–H and O–H groups in total. The van der Waals surface area contributed by atoms with Gasteiger partial charge in [0.2, 0.25) is 0 Å². The van der Waals surface area contributed by atoms with E-state index in [1.807, 2.05) is 20.0 Å². The highest BCUT2D eigenvalue weighted by Crippen LogP contribution is 2.45. The first-order chi connectivity index (χ1) is 15.1. The predicted octanol–water partition coefficient (Wildman–Crippen LogP) is 4.41. The predicted molar refractivity (Wildman–Crippen MR) is 125 cm³/mol. The minimum Gasteiger partial charge on any atom is -0.396 e. The van der Waals surface area contributed by atoms with Crippen LogP contribution in [0.25, 0.3) is 0 Å². The summed E-state index contributed by atoms with van der Waals surface area (Å²) in [6, 6.07) is 8.89. The Bertz CT molecular complexity index is 988. The summed E-state index contributed by atoms with van der Waals surface area (Å²) in [5, 5.41) is 3.39. The topological polar surface area (TPSA) is 74.5 Å². The summed E-state index contributed by atoms with van der Waals surface area (Å²) in [5.74, 6) is 0.280. The molecule has 1 amide bonds. The van der Waals surface area contributed by atoms with Gasteiger partial charge in [0.15, 0.2) is 5.82 Å². The number of anilines is 3. The van der Waals surface area contributed by atoms with Gasteiger partial charge in [-0.3, -0.25) is 4.79 Å². The largest absolute Gasteiger partial charge is 0.396 e. The highest BCUT2D eigenvalue weighted by atomic mass is 32.2. The number of hydrogen-bond donors (Lipinski definition) is 2. The van der Waals surface area contributed by atoms with Gasteiger partial charge >= 0.3 is 0 Å². The third-order valence-electron chi connectivity index (χ3n) is 5.64. The molecule has 2 aromatic rings. The quantitative estimate of drug-likeness (QED) is 0.687. The summed E-state index contributed by atoms with van der Waals surface area (Å²) < 4.78 is 14.4. The molecule has 0 bridgehead atoms. The average molecular weight is 442 g/mol. The molecular formula is C23H28FN5OS. The van der Waals surface area contributed by atoms with Gasteiger partial charge in [0.1, 0.15) is 11.2 Å². The number of nitrogens with zero attached hydrogens (tertiary/aromatic N) is 3. The van der Waals surface area contributed by atoms with E-state index in [-0.39, 0.29) is 22.7 Å². The number of thioether (sulfide) groups is 1. The van der Waals surface area contributed by atoms with E-state index >= 15 is 0 Å². The second-order valence-corrected chi connectivity index (χ2v) is 8.60. The van der Waals surface area contributed by atoms with Crippen LogP contribution >= 0.6 is 11.8 Å². The Morgan fingerprint density at radius 3 is 2.65 bits per heavy atom. The third-order valence-corrected chi connectivity index (χ3v) is 6.92. The summed E-state index contributed by atoms with van der Waals surface area (Å²) in [6.45, 7) is 6.54. The minimum absolute atomic E-state index is 0.0503. The molecule has 1 aromatic carbocycles. The third kappa shape index (κ3) is 4.08. The van der Waals surface area contributed by atoms with E-state index in [1.165, 1.54) is 35.6 Å². The van der Waals surface area contributed by atoms with Crippen molar-refractivity contribution < 1.29 is 9.18 Å². The smallest absolute Gasteiger partial charge is 0.266 e. The number of amides is 1. The van der Waals surface area contributed by atoms with Crippen LogP contribution in [0.4, 0.5) is 21.6 Å². The van der Waals surface area contributed by atoms with Crippen molar-refractivity contribution in [3.8, 4) is 0 Å². The van der Waals surface area contributed by atoms with Crippen molar-refractivity contribution in [1.82, 2.24) is 10.3 Å². The van der Waals surface area contributed by atoms with Crippen LogP contribution in [0.15, 0.2) is 47.1 Å². The first-order valence-corrected chi connectivity index (χ1v) is 11.7. The molecule has 31 heavy (non-hydrogen) atoms. The summed E-state index contributed by atoms with van der Waals surface area (Å²) >= 11 is 1.47. The molecule has 1 atom stereocenters. The van der Waals surface area contributed by atoms with Crippen LogP contribution in [0.5, 0.6) is 0 Å². The number of aromatic nitrogens is 1. The lowest BCUT2D eigenvalue weighted by Crippen LogP contribution is -2.37. The molecule has 1 unspecified atom stereocenters. The number of carbonyl (C=O) groups excluding carboxylic acids is 1. The first kappa shape index (κ1) is 21.5. The van der Waals surface area contributed by atoms with E-state index in [4.69, 9.17) is 5.73 Å². The average Bonchev–Trinajstić information content (AvgIpc) is 3.49. The van der Waals surface area contributed by atoms with Crippen molar-refractivity contribution in [2.75, 3.05) is 35.2 Å². The van der Waals surface area contributed by atoms with E-state index in [9.17, 15) is 9.18 Å². The molecule has 0 spiro atoms. The summed E-state index contributed by atoms with van der Waals surface area (Å²) in [4.78, 5) is 22.1. The zero-order valence-corrected chi connectivity index (χ0v) is 18.7. The molecule has 1 fully saturated rings. The zero-order valence-electron chi connectivity index (χ0n) is 17.9. The summed E-state index contributed by atoms with van der Waals surface area (Å²) in [6.07, 6.45) is 4.97. The maximum absolute atomic E-state index is 14.4. The molecule has 6 nitrogen and oxygen atoms in total. The van der Waals surface area contributed by atoms with Crippen molar-refractivity contribution in [1.29, 1.82) is 0 Å². The van der Waals surface area contributed by atoms with Crippen LogP contribution in [-0.2, 0) is 4.79 Å².